The number of fused-ring (bicyclic) bond motifs is 1. The average Bonchev–Trinajstić information content (AvgIpc) is 2.81. The first-order valence-electron chi connectivity index (χ1n) is 6.17. The Morgan fingerprint density at radius 3 is 2.71 bits per heavy atom. The van der Waals surface area contributed by atoms with Crippen molar-refractivity contribution in [3.05, 3.63) is 30.6 Å². The Morgan fingerprint density at radius 2 is 2.05 bits per heavy atom. The molecule has 0 unspecified atom stereocenters. The van der Waals surface area contributed by atoms with Gasteiger partial charge in [0.1, 0.15) is 12.6 Å². The third-order valence-corrected chi connectivity index (χ3v) is 2.88. The number of carboxylic acids is 1. The number of hydrogen-bond donors (Lipinski definition) is 3. The highest BCUT2D eigenvalue weighted by molar-refractivity contribution is 5.88. The molecule has 0 aliphatic carbocycles. The van der Waals surface area contributed by atoms with Crippen LogP contribution >= 0.6 is 0 Å². The van der Waals surface area contributed by atoms with E-state index in [9.17, 15) is 14.4 Å². The number of rotatable bonds is 6. The zero-order valence-electron chi connectivity index (χ0n) is 11.0. The van der Waals surface area contributed by atoms with Gasteiger partial charge in [0.2, 0.25) is 11.8 Å². The number of carbonyl (C=O) groups excluding carboxylic acids is 2. The van der Waals surface area contributed by atoms with Crippen molar-refractivity contribution in [3.8, 4) is 0 Å². The van der Waals surface area contributed by atoms with E-state index >= 15 is 0 Å². The fourth-order valence-electron chi connectivity index (χ4n) is 1.93. The highest BCUT2D eigenvalue weighted by atomic mass is 16.4. The van der Waals surface area contributed by atoms with Gasteiger partial charge >= 0.3 is 5.97 Å². The minimum atomic E-state index is -1.33. The summed E-state index contributed by atoms with van der Waals surface area (Å²) in [6.07, 6.45) is 1.04. The van der Waals surface area contributed by atoms with E-state index < -0.39 is 30.2 Å². The number of carboxylic acid groups (broad SMARTS) is 1. The van der Waals surface area contributed by atoms with Crippen molar-refractivity contribution < 1.29 is 19.5 Å². The smallest absolute Gasteiger partial charge is 0.326 e. The van der Waals surface area contributed by atoms with Crippen molar-refractivity contribution in [2.45, 2.75) is 19.0 Å². The van der Waals surface area contributed by atoms with Gasteiger partial charge in [-0.3, -0.25) is 9.59 Å². The molecule has 2 rings (SSSR count). The summed E-state index contributed by atoms with van der Waals surface area (Å²) in [7, 11) is 0. The molecule has 4 N–H and O–H groups in total. The molecule has 1 aromatic heterocycles. The predicted molar refractivity (Wildman–Crippen MR) is 73.1 cm³/mol. The minimum Gasteiger partial charge on any atom is -0.480 e. The maximum absolute atomic E-state index is 11.9. The Kier molecular flexibility index (Phi) is 4.17. The van der Waals surface area contributed by atoms with Crippen LogP contribution < -0.4 is 11.1 Å². The second-order valence-corrected chi connectivity index (χ2v) is 4.49. The summed E-state index contributed by atoms with van der Waals surface area (Å²) in [5, 5.41) is 11.2. The molecule has 0 spiro atoms. The molecule has 1 aromatic carbocycles. The molecule has 0 saturated carbocycles. The van der Waals surface area contributed by atoms with Crippen molar-refractivity contribution in [1.29, 1.82) is 0 Å². The Balaban J connectivity index is 2.07. The van der Waals surface area contributed by atoms with E-state index in [1.54, 1.807) is 16.7 Å². The molecule has 8 heteroatoms. The third kappa shape index (κ3) is 3.56. The number of amides is 2. The van der Waals surface area contributed by atoms with Gasteiger partial charge in [0.15, 0.2) is 0 Å². The van der Waals surface area contributed by atoms with E-state index in [2.05, 4.69) is 10.3 Å². The van der Waals surface area contributed by atoms with Crippen LogP contribution in [0.2, 0.25) is 0 Å². The lowest BCUT2D eigenvalue weighted by atomic mass is 10.2. The normalized spacial score (nSPS) is 12.0. The maximum Gasteiger partial charge on any atom is 0.326 e. The van der Waals surface area contributed by atoms with E-state index in [1.165, 1.54) is 6.33 Å². The average molecular weight is 290 g/mol. The van der Waals surface area contributed by atoms with Gasteiger partial charge in [0.05, 0.1) is 23.8 Å². The standard InChI is InChI=1S/C13H14N4O4/c14-11(18)5-9(13(20)21)16-12(19)6-17-7-15-8-3-1-2-4-10(8)17/h1-4,7,9H,5-6H2,(H2,14,18)(H,16,19)(H,20,21)/t9-/m1/s1. The Morgan fingerprint density at radius 1 is 1.33 bits per heavy atom. The molecular formula is C13H14N4O4. The summed E-state index contributed by atoms with van der Waals surface area (Å²) in [5.41, 5.74) is 6.44. The number of hydrogen-bond acceptors (Lipinski definition) is 4. The van der Waals surface area contributed by atoms with Crippen molar-refractivity contribution >= 4 is 28.8 Å². The maximum atomic E-state index is 11.9. The zero-order chi connectivity index (χ0) is 15.4. The van der Waals surface area contributed by atoms with Crippen LogP contribution in [0.4, 0.5) is 0 Å². The lowest BCUT2D eigenvalue weighted by Crippen LogP contribution is -2.44. The summed E-state index contributed by atoms with van der Waals surface area (Å²) < 4.78 is 1.59. The van der Waals surface area contributed by atoms with Gasteiger partial charge < -0.3 is 20.7 Å². The fraction of sp³-hybridized carbons (Fsp3) is 0.231. The van der Waals surface area contributed by atoms with Gasteiger partial charge in [0.25, 0.3) is 0 Å². The fourth-order valence-corrected chi connectivity index (χ4v) is 1.93. The minimum absolute atomic E-state index is 0.0942. The van der Waals surface area contributed by atoms with E-state index in [1.807, 2.05) is 12.1 Å². The van der Waals surface area contributed by atoms with Crippen molar-refractivity contribution in [1.82, 2.24) is 14.9 Å². The molecule has 0 saturated heterocycles. The first-order chi connectivity index (χ1) is 9.97. The van der Waals surface area contributed by atoms with Crippen molar-refractivity contribution in [2.75, 3.05) is 0 Å². The molecule has 2 aromatic rings. The molecule has 0 fully saturated rings. The lowest BCUT2D eigenvalue weighted by Gasteiger charge is -2.13. The van der Waals surface area contributed by atoms with Gasteiger partial charge in [-0.25, -0.2) is 9.78 Å². The van der Waals surface area contributed by atoms with Gasteiger partial charge in [0, 0.05) is 0 Å². The highest BCUT2D eigenvalue weighted by Crippen LogP contribution is 2.11. The largest absolute Gasteiger partial charge is 0.480 e. The van der Waals surface area contributed by atoms with E-state index in [-0.39, 0.29) is 6.54 Å². The van der Waals surface area contributed by atoms with Gasteiger partial charge in [-0.05, 0) is 12.1 Å². The number of carbonyl (C=O) groups is 3. The molecule has 1 heterocycles. The van der Waals surface area contributed by atoms with Gasteiger partial charge in [-0.15, -0.1) is 0 Å². The summed E-state index contributed by atoms with van der Waals surface area (Å²) in [6, 6.07) is 5.91. The molecular weight excluding hydrogens is 276 g/mol. The molecule has 0 aliphatic rings. The number of primary amides is 1. The summed E-state index contributed by atoms with van der Waals surface area (Å²) in [6.45, 7) is -0.0942. The molecule has 21 heavy (non-hydrogen) atoms. The SMILES string of the molecule is NC(=O)C[C@@H](NC(=O)Cn1cnc2ccccc21)C(=O)O. The second-order valence-electron chi connectivity index (χ2n) is 4.49. The van der Waals surface area contributed by atoms with Crippen LogP contribution in [-0.2, 0) is 20.9 Å². The van der Waals surface area contributed by atoms with Crippen LogP contribution in [0.15, 0.2) is 30.6 Å². The number of nitrogens with one attached hydrogen (secondary N) is 1. The molecule has 1 atom stereocenters. The number of nitrogens with zero attached hydrogens (tertiary/aromatic N) is 2. The van der Waals surface area contributed by atoms with Crippen molar-refractivity contribution in [2.24, 2.45) is 5.73 Å². The lowest BCUT2D eigenvalue weighted by molar-refractivity contribution is -0.143. The monoisotopic (exact) mass is 290 g/mol. The summed E-state index contributed by atoms with van der Waals surface area (Å²) in [5.74, 6) is -2.64. The quantitative estimate of drug-likeness (QED) is 0.659. The van der Waals surface area contributed by atoms with Crippen LogP contribution in [0.25, 0.3) is 11.0 Å². The van der Waals surface area contributed by atoms with Gasteiger partial charge in [-0.1, -0.05) is 12.1 Å². The molecule has 0 aliphatic heterocycles. The summed E-state index contributed by atoms with van der Waals surface area (Å²) in [4.78, 5) is 37.7. The molecule has 0 radical (unpaired) electrons. The summed E-state index contributed by atoms with van der Waals surface area (Å²) >= 11 is 0. The van der Waals surface area contributed by atoms with Crippen LogP contribution in [0.1, 0.15) is 6.42 Å². The molecule has 2 amide bonds. The number of para-hydroxylation sites is 2. The number of aromatic nitrogens is 2. The van der Waals surface area contributed by atoms with Crippen LogP contribution in [-0.4, -0.2) is 38.5 Å². The van der Waals surface area contributed by atoms with E-state index in [0.717, 1.165) is 11.0 Å². The number of imidazole rings is 1. The molecule has 8 nitrogen and oxygen atoms in total. The molecule has 110 valence electrons. The number of nitrogens with two attached hydrogens (primary N) is 1. The predicted octanol–water partition coefficient (Wildman–Crippen LogP) is -0.519. The third-order valence-electron chi connectivity index (χ3n) is 2.88. The Hall–Kier alpha value is -2.90. The van der Waals surface area contributed by atoms with E-state index in [4.69, 9.17) is 10.8 Å². The zero-order valence-corrected chi connectivity index (χ0v) is 11.0. The van der Waals surface area contributed by atoms with Crippen LogP contribution in [0.3, 0.4) is 0 Å². The number of benzene rings is 1. The van der Waals surface area contributed by atoms with E-state index in [0.29, 0.717) is 0 Å². The van der Waals surface area contributed by atoms with Crippen LogP contribution in [0, 0.1) is 0 Å². The first-order valence-corrected chi connectivity index (χ1v) is 6.17. The highest BCUT2D eigenvalue weighted by Gasteiger charge is 2.22. The van der Waals surface area contributed by atoms with Crippen molar-refractivity contribution in [3.63, 3.8) is 0 Å². The molecule has 0 bridgehead atoms. The Labute approximate surface area is 119 Å². The first kappa shape index (κ1) is 14.5. The Bertz CT molecular complexity index is 694. The number of aliphatic carboxylic acids is 1. The van der Waals surface area contributed by atoms with Gasteiger partial charge in [-0.2, -0.15) is 0 Å². The second kappa shape index (κ2) is 6.04. The topological polar surface area (TPSA) is 127 Å². The van der Waals surface area contributed by atoms with Crippen LogP contribution in [0.5, 0.6) is 0 Å².